The van der Waals surface area contributed by atoms with Gasteiger partial charge in [-0.15, -0.1) is 0 Å². The van der Waals surface area contributed by atoms with Gasteiger partial charge in [-0.3, -0.25) is 0 Å². The highest BCUT2D eigenvalue weighted by Crippen LogP contribution is 2.58. The zero-order valence-electron chi connectivity index (χ0n) is 16.7. The van der Waals surface area contributed by atoms with Crippen molar-refractivity contribution in [3.63, 3.8) is 0 Å². The van der Waals surface area contributed by atoms with Crippen LogP contribution in [-0.2, 0) is 6.16 Å². The fraction of sp³-hybridized carbons (Fsp3) is 0.0385. The Morgan fingerprint density at radius 3 is 1.48 bits per heavy atom. The summed E-state index contributed by atoms with van der Waals surface area (Å²) in [6, 6.07) is 35.4. The predicted octanol–water partition coefficient (Wildman–Crippen LogP) is 2.02. The summed E-state index contributed by atoms with van der Waals surface area (Å²) in [7, 11) is -2.15. The van der Waals surface area contributed by atoms with Crippen LogP contribution in [0.4, 0.5) is 4.39 Å². The molecule has 0 saturated heterocycles. The van der Waals surface area contributed by atoms with Crippen LogP contribution < -0.4 is 32.9 Å². The van der Waals surface area contributed by atoms with Gasteiger partial charge in [0.1, 0.15) is 29.0 Å². The summed E-state index contributed by atoms with van der Waals surface area (Å²) >= 11 is 0. The zero-order chi connectivity index (χ0) is 21.0. The lowest BCUT2D eigenvalue weighted by Gasteiger charge is -2.28. The first kappa shape index (κ1) is 22.9. The van der Waals surface area contributed by atoms with Gasteiger partial charge in [0.05, 0.1) is 11.7 Å². The van der Waals surface area contributed by atoms with E-state index in [1.807, 2.05) is 54.6 Å². The Balaban J connectivity index is 0.00000272. The van der Waals surface area contributed by atoms with Gasteiger partial charge in [-0.1, -0.05) is 60.7 Å². The molecule has 0 atom stereocenters. The molecule has 4 rings (SSSR count). The number of carboxylic acid groups (broad SMARTS) is 1. The van der Waals surface area contributed by atoms with Crippen molar-refractivity contribution in [1.29, 1.82) is 0 Å². The van der Waals surface area contributed by atoms with E-state index in [0.717, 1.165) is 5.56 Å². The first-order valence-corrected chi connectivity index (χ1v) is 11.7. The van der Waals surface area contributed by atoms with E-state index in [2.05, 4.69) is 36.4 Å². The average Bonchev–Trinajstić information content (AvgIpc) is 2.79. The third kappa shape index (κ3) is 4.61. The van der Waals surface area contributed by atoms with Gasteiger partial charge in [0.25, 0.3) is 0 Å². The quantitative estimate of drug-likeness (QED) is 0.416. The van der Waals surface area contributed by atoms with E-state index in [4.69, 9.17) is 0 Å². The van der Waals surface area contributed by atoms with E-state index in [1.165, 1.54) is 28.0 Å². The number of benzene rings is 4. The van der Waals surface area contributed by atoms with Gasteiger partial charge >= 0.3 is 5.97 Å². The minimum atomic E-state index is -2.15. The van der Waals surface area contributed by atoms with Crippen molar-refractivity contribution in [3.8, 4) is 0 Å². The molecule has 5 heteroatoms. The van der Waals surface area contributed by atoms with Crippen LogP contribution in [0.5, 0.6) is 0 Å². The minimum absolute atomic E-state index is 0. The Bertz CT molecular complexity index is 1060. The molecule has 2 nitrogen and oxygen atoms in total. The molecule has 31 heavy (non-hydrogen) atoms. The Morgan fingerprint density at radius 1 is 0.710 bits per heavy atom. The highest BCUT2D eigenvalue weighted by Gasteiger charge is 2.45. The molecule has 0 aliphatic heterocycles. The minimum Gasteiger partial charge on any atom is -1.00 e. The Morgan fingerprint density at radius 2 is 1.13 bits per heavy atom. The van der Waals surface area contributed by atoms with E-state index >= 15 is 0 Å². The number of carboxylic acids is 1. The van der Waals surface area contributed by atoms with Crippen LogP contribution in [-0.4, -0.2) is 11.1 Å². The molecule has 0 bridgehead atoms. The molecular weight excluding hydrogens is 474 g/mol. The van der Waals surface area contributed by atoms with E-state index in [9.17, 15) is 14.3 Å². The average molecular weight is 495 g/mol. The van der Waals surface area contributed by atoms with Crippen molar-refractivity contribution in [1.82, 2.24) is 0 Å². The molecule has 0 aliphatic rings. The molecule has 1 N–H and O–H groups in total. The highest BCUT2D eigenvalue weighted by atomic mass is 79.9. The number of carbonyl (C=O) groups is 1. The Labute approximate surface area is 192 Å². The second-order valence-corrected chi connectivity index (χ2v) is 10.6. The van der Waals surface area contributed by atoms with Crippen LogP contribution in [0.3, 0.4) is 0 Å². The summed E-state index contributed by atoms with van der Waals surface area (Å²) in [5.74, 6) is -1.96. The van der Waals surface area contributed by atoms with Gasteiger partial charge in [-0.05, 0) is 54.1 Å². The molecule has 0 radical (unpaired) electrons. The van der Waals surface area contributed by atoms with E-state index in [-0.39, 0.29) is 22.5 Å². The monoisotopic (exact) mass is 494 g/mol. The number of hydrogen-bond acceptors (Lipinski definition) is 1. The second-order valence-electron chi connectivity index (χ2n) is 7.09. The summed E-state index contributed by atoms with van der Waals surface area (Å²) in [5, 5.41) is 12.8. The summed E-state index contributed by atoms with van der Waals surface area (Å²) in [6.07, 6.45) is 0.599. The van der Waals surface area contributed by atoms with E-state index in [1.54, 1.807) is 6.07 Å². The smallest absolute Gasteiger partial charge is 0.338 e. The van der Waals surface area contributed by atoms with Crippen molar-refractivity contribution in [2.45, 2.75) is 6.16 Å². The lowest BCUT2D eigenvalue weighted by atomic mass is 10.1. The third-order valence-corrected chi connectivity index (χ3v) is 9.65. The molecule has 0 heterocycles. The SMILES string of the molecule is O=C(O)c1ccc(C[P+](c2ccccc2)(c2ccccc2)c2ccccc2)cc1F.[Br-]. The first-order valence-electron chi connectivity index (χ1n) is 9.68. The molecule has 0 aromatic heterocycles. The van der Waals surface area contributed by atoms with Gasteiger partial charge in [-0.2, -0.15) is 0 Å². The fourth-order valence-electron chi connectivity index (χ4n) is 3.87. The van der Waals surface area contributed by atoms with Crippen molar-refractivity contribution in [3.05, 3.63) is 126 Å². The standard InChI is InChI=1S/C26H20FO2P.BrH/c27-25-18-20(16-17-24(25)26(28)29)19-30(21-10-4-1-5-11-21,22-12-6-2-7-13-22)23-14-8-3-9-15-23;/h1-18H,19H2;1H. The summed E-state index contributed by atoms with van der Waals surface area (Å²) in [5.41, 5.74) is 0.476. The van der Waals surface area contributed by atoms with Crippen molar-refractivity contribution in [2.75, 3.05) is 0 Å². The predicted molar refractivity (Wildman–Crippen MR) is 122 cm³/mol. The number of halogens is 2. The fourth-order valence-corrected chi connectivity index (χ4v) is 8.10. The lowest BCUT2D eigenvalue weighted by molar-refractivity contribution is -0.0000226. The lowest BCUT2D eigenvalue weighted by Crippen LogP contribution is -3.00. The highest BCUT2D eigenvalue weighted by molar-refractivity contribution is 7.95. The summed E-state index contributed by atoms with van der Waals surface area (Å²) in [6.45, 7) is 0. The molecule has 0 saturated carbocycles. The molecule has 0 spiro atoms. The van der Waals surface area contributed by atoms with Gasteiger partial charge < -0.3 is 22.1 Å². The van der Waals surface area contributed by atoms with Crippen molar-refractivity contribution < 1.29 is 31.3 Å². The van der Waals surface area contributed by atoms with Crippen LogP contribution in [0.25, 0.3) is 0 Å². The number of aromatic carboxylic acids is 1. The van der Waals surface area contributed by atoms with Gasteiger partial charge in [-0.25, -0.2) is 9.18 Å². The Hall–Kier alpha value is -2.81. The Kier molecular flexibility index (Phi) is 7.37. The second kappa shape index (κ2) is 10.00. The maximum atomic E-state index is 14.5. The van der Waals surface area contributed by atoms with Crippen molar-refractivity contribution in [2.24, 2.45) is 0 Å². The maximum Gasteiger partial charge on any atom is 0.338 e. The van der Waals surface area contributed by atoms with Crippen LogP contribution in [0.15, 0.2) is 109 Å². The van der Waals surface area contributed by atoms with Crippen molar-refractivity contribution >= 4 is 29.1 Å². The molecule has 4 aromatic carbocycles. The first-order chi connectivity index (χ1) is 14.6. The third-order valence-electron chi connectivity index (χ3n) is 5.27. The number of rotatable bonds is 6. The van der Waals surface area contributed by atoms with E-state index in [0.29, 0.717) is 6.16 Å². The van der Waals surface area contributed by atoms with Crippen LogP contribution in [0, 0.1) is 5.82 Å². The van der Waals surface area contributed by atoms with Crippen LogP contribution >= 0.6 is 7.26 Å². The summed E-state index contributed by atoms with van der Waals surface area (Å²) in [4.78, 5) is 11.2. The molecule has 0 amide bonds. The zero-order valence-corrected chi connectivity index (χ0v) is 19.1. The van der Waals surface area contributed by atoms with Crippen LogP contribution in [0.2, 0.25) is 0 Å². The molecule has 0 aliphatic carbocycles. The van der Waals surface area contributed by atoms with Gasteiger partial charge in [0.2, 0.25) is 0 Å². The topological polar surface area (TPSA) is 37.3 Å². The summed E-state index contributed by atoms with van der Waals surface area (Å²) < 4.78 is 14.5. The molecule has 0 fully saturated rings. The normalized spacial score (nSPS) is 10.9. The molecular formula is C26H21BrFO2P. The molecule has 4 aromatic rings. The van der Waals surface area contributed by atoms with Gasteiger partial charge in [0, 0.05) is 0 Å². The molecule has 0 unspecified atom stereocenters. The van der Waals surface area contributed by atoms with Crippen LogP contribution in [0.1, 0.15) is 15.9 Å². The van der Waals surface area contributed by atoms with E-state index < -0.39 is 19.0 Å². The number of hydrogen-bond donors (Lipinski definition) is 1. The van der Waals surface area contributed by atoms with Gasteiger partial charge in [0.15, 0.2) is 0 Å². The maximum absolute atomic E-state index is 14.5. The molecule has 156 valence electrons. The largest absolute Gasteiger partial charge is 1.00 e.